The summed E-state index contributed by atoms with van der Waals surface area (Å²) in [6.07, 6.45) is -1.41. The van der Waals surface area contributed by atoms with Gasteiger partial charge in [0.1, 0.15) is 5.69 Å². The van der Waals surface area contributed by atoms with E-state index in [-0.39, 0.29) is 48.8 Å². The smallest absolute Gasteiger partial charge is 0.390 e. The van der Waals surface area contributed by atoms with Crippen LogP contribution in [0.5, 0.6) is 0 Å². The Bertz CT molecular complexity index is 1140. The normalized spacial score (nSPS) is 25.1. The van der Waals surface area contributed by atoms with Gasteiger partial charge < -0.3 is 10.4 Å². The van der Waals surface area contributed by atoms with Crippen molar-refractivity contribution in [3.63, 3.8) is 0 Å². The summed E-state index contributed by atoms with van der Waals surface area (Å²) in [6.45, 7) is 2.17. The number of nitrogens with zero attached hydrogens (tertiary/aromatic N) is 4. The van der Waals surface area contributed by atoms with Crippen LogP contribution in [-0.4, -0.2) is 63.8 Å². The molecule has 4 rings (SSSR count). The minimum Gasteiger partial charge on any atom is -0.390 e. The van der Waals surface area contributed by atoms with Gasteiger partial charge in [-0.3, -0.25) is 0 Å². The van der Waals surface area contributed by atoms with Gasteiger partial charge in [-0.1, -0.05) is 0 Å². The van der Waals surface area contributed by atoms with E-state index in [9.17, 15) is 31.1 Å². The molecule has 1 aliphatic carbocycles. The van der Waals surface area contributed by atoms with E-state index >= 15 is 0 Å². The van der Waals surface area contributed by atoms with Gasteiger partial charge in [-0.25, -0.2) is 32.1 Å². The molecule has 33 heavy (non-hydrogen) atoms. The Kier molecular flexibility index (Phi) is 6.16. The highest BCUT2D eigenvalue weighted by molar-refractivity contribution is 7.88. The Labute approximate surface area is 192 Å². The number of aromatic nitrogens is 3. The molecule has 1 aliphatic heterocycles. The van der Waals surface area contributed by atoms with Crippen molar-refractivity contribution in [2.75, 3.05) is 24.7 Å². The minimum atomic E-state index is -4.81. The number of aliphatic hydroxyl groups is 1. The maximum atomic E-state index is 14.6. The molecule has 0 amide bonds. The molecule has 0 bridgehead atoms. The Morgan fingerprint density at radius 2 is 1.88 bits per heavy atom. The van der Waals surface area contributed by atoms with Gasteiger partial charge in [-0.15, -0.1) is 11.3 Å². The van der Waals surface area contributed by atoms with Crippen LogP contribution in [-0.2, 0) is 16.2 Å². The molecule has 2 N–H and O–H groups in total. The Hall–Kier alpha value is -1.90. The van der Waals surface area contributed by atoms with Crippen LogP contribution < -0.4 is 5.32 Å². The van der Waals surface area contributed by atoms with Crippen molar-refractivity contribution in [1.29, 1.82) is 0 Å². The number of hydrogen-bond acceptors (Lipinski definition) is 8. The van der Waals surface area contributed by atoms with Gasteiger partial charge in [-0.05, 0) is 32.6 Å². The SMILES string of the molecule is CC1(O)CC(c2nc(C(F)(F)F)c(-c3nc(NC4CCN(S(C)(=O)=O)CC4)ncc3F)s2)C1. The van der Waals surface area contributed by atoms with Crippen molar-refractivity contribution in [2.24, 2.45) is 0 Å². The van der Waals surface area contributed by atoms with Crippen molar-refractivity contribution in [2.45, 2.75) is 56.3 Å². The second-order valence-electron chi connectivity index (χ2n) is 8.80. The molecule has 2 aromatic rings. The first-order chi connectivity index (χ1) is 15.2. The molecule has 1 saturated heterocycles. The summed E-state index contributed by atoms with van der Waals surface area (Å²) in [5.74, 6) is -1.38. The third-order valence-electron chi connectivity index (χ3n) is 5.85. The lowest BCUT2D eigenvalue weighted by molar-refractivity contribution is -0.140. The zero-order valence-electron chi connectivity index (χ0n) is 17.9. The molecule has 0 spiro atoms. The van der Waals surface area contributed by atoms with E-state index in [1.165, 1.54) is 4.31 Å². The molecule has 3 heterocycles. The van der Waals surface area contributed by atoms with Gasteiger partial charge >= 0.3 is 6.18 Å². The van der Waals surface area contributed by atoms with E-state index in [0.29, 0.717) is 12.8 Å². The van der Waals surface area contributed by atoms with E-state index in [1.807, 2.05) is 0 Å². The summed E-state index contributed by atoms with van der Waals surface area (Å²) in [6, 6.07) is -0.211. The predicted molar refractivity (Wildman–Crippen MR) is 114 cm³/mol. The first kappa shape index (κ1) is 24.2. The molecule has 8 nitrogen and oxygen atoms in total. The zero-order valence-corrected chi connectivity index (χ0v) is 19.5. The van der Waals surface area contributed by atoms with Crippen LogP contribution in [0, 0.1) is 5.82 Å². The first-order valence-electron chi connectivity index (χ1n) is 10.3. The number of hydrogen-bond donors (Lipinski definition) is 2. The molecule has 0 unspecified atom stereocenters. The summed E-state index contributed by atoms with van der Waals surface area (Å²) in [5.41, 5.74) is -2.65. The van der Waals surface area contributed by atoms with E-state index in [4.69, 9.17) is 0 Å². The second kappa shape index (κ2) is 8.40. The number of halogens is 4. The molecule has 0 radical (unpaired) electrons. The van der Waals surface area contributed by atoms with Crippen molar-refractivity contribution < 1.29 is 31.1 Å². The Balaban J connectivity index is 1.58. The summed E-state index contributed by atoms with van der Waals surface area (Å²) < 4.78 is 80.2. The molecule has 2 aromatic heterocycles. The van der Waals surface area contributed by atoms with Crippen molar-refractivity contribution >= 4 is 27.3 Å². The minimum absolute atomic E-state index is 0.0427. The molecule has 14 heteroatoms. The summed E-state index contributed by atoms with van der Waals surface area (Å²) in [4.78, 5) is 11.2. The number of anilines is 1. The van der Waals surface area contributed by atoms with Gasteiger partial charge in [0.2, 0.25) is 16.0 Å². The van der Waals surface area contributed by atoms with Crippen LogP contribution in [0.3, 0.4) is 0 Å². The predicted octanol–water partition coefficient (Wildman–Crippen LogP) is 3.22. The number of sulfonamides is 1. The van der Waals surface area contributed by atoms with Crippen LogP contribution in [0.2, 0.25) is 0 Å². The number of alkyl halides is 3. The van der Waals surface area contributed by atoms with E-state index in [2.05, 4.69) is 20.3 Å². The van der Waals surface area contributed by atoms with E-state index in [0.717, 1.165) is 23.8 Å². The lowest BCUT2D eigenvalue weighted by atomic mass is 9.72. The first-order valence-corrected chi connectivity index (χ1v) is 12.9. The highest BCUT2D eigenvalue weighted by atomic mass is 32.2. The van der Waals surface area contributed by atoms with Crippen LogP contribution in [0.1, 0.15) is 49.2 Å². The van der Waals surface area contributed by atoms with Crippen LogP contribution in [0.25, 0.3) is 10.6 Å². The van der Waals surface area contributed by atoms with Gasteiger partial charge in [0.15, 0.2) is 11.5 Å². The summed E-state index contributed by atoms with van der Waals surface area (Å²) >= 11 is 0.722. The quantitative estimate of drug-likeness (QED) is 0.596. The average Bonchev–Trinajstić information content (AvgIpc) is 3.13. The van der Waals surface area contributed by atoms with Gasteiger partial charge in [0.25, 0.3) is 0 Å². The van der Waals surface area contributed by atoms with Gasteiger partial charge in [0, 0.05) is 25.0 Å². The molecular weight excluding hydrogens is 486 g/mol. The molecule has 2 fully saturated rings. The fraction of sp³-hybridized carbons (Fsp3) is 0.632. The number of nitrogens with one attached hydrogen (secondary N) is 1. The second-order valence-corrected chi connectivity index (χ2v) is 11.8. The van der Waals surface area contributed by atoms with Crippen molar-refractivity contribution in [1.82, 2.24) is 19.3 Å². The highest BCUT2D eigenvalue weighted by Gasteiger charge is 2.44. The number of rotatable bonds is 5. The van der Waals surface area contributed by atoms with Crippen molar-refractivity contribution in [3.8, 4) is 10.6 Å². The van der Waals surface area contributed by atoms with Crippen LogP contribution >= 0.6 is 11.3 Å². The average molecular weight is 510 g/mol. The topological polar surface area (TPSA) is 108 Å². The fourth-order valence-corrected chi connectivity index (χ4v) is 6.20. The third-order valence-corrected chi connectivity index (χ3v) is 8.38. The van der Waals surface area contributed by atoms with Crippen LogP contribution in [0.4, 0.5) is 23.5 Å². The Morgan fingerprint density at radius 3 is 2.42 bits per heavy atom. The van der Waals surface area contributed by atoms with Gasteiger partial charge in [-0.2, -0.15) is 13.2 Å². The third kappa shape index (κ3) is 5.28. The molecule has 182 valence electrons. The standard InChI is InChI=1S/C19H23F4N5O3S2/c1-18(29)7-10(8-18)16-27-15(19(21,22)23)14(32-16)13-12(20)9-24-17(26-13)25-11-3-5-28(6-4-11)33(2,30)31/h9-11,29H,3-8H2,1-2H3,(H,24,25,26). The van der Waals surface area contributed by atoms with Gasteiger partial charge in [0.05, 0.1) is 27.9 Å². The molecule has 0 aromatic carbocycles. The zero-order chi connectivity index (χ0) is 24.2. The molecular formula is C19H23F4N5O3S2. The number of piperidine rings is 1. The maximum absolute atomic E-state index is 14.6. The lowest BCUT2D eigenvalue weighted by Crippen LogP contribution is -2.42. The number of thiazole rings is 1. The molecule has 1 saturated carbocycles. The fourth-order valence-electron chi connectivity index (χ4n) is 4.15. The Morgan fingerprint density at radius 1 is 1.24 bits per heavy atom. The van der Waals surface area contributed by atoms with E-state index < -0.39 is 43.9 Å². The molecule has 0 atom stereocenters. The van der Waals surface area contributed by atoms with E-state index in [1.54, 1.807) is 6.92 Å². The van der Waals surface area contributed by atoms with Crippen LogP contribution in [0.15, 0.2) is 6.20 Å². The highest BCUT2D eigenvalue weighted by Crippen LogP contribution is 2.49. The maximum Gasteiger partial charge on any atom is 0.434 e. The van der Waals surface area contributed by atoms with Crippen molar-refractivity contribution in [3.05, 3.63) is 22.7 Å². The summed E-state index contributed by atoms with van der Waals surface area (Å²) in [7, 11) is -3.30. The largest absolute Gasteiger partial charge is 0.434 e. The molecule has 2 aliphatic rings. The monoisotopic (exact) mass is 509 g/mol. The summed E-state index contributed by atoms with van der Waals surface area (Å²) in [5, 5.41) is 13.1. The lowest BCUT2D eigenvalue weighted by Gasteiger charge is -2.39.